The van der Waals surface area contributed by atoms with Crippen LogP contribution in [0.1, 0.15) is 24.0 Å². The summed E-state index contributed by atoms with van der Waals surface area (Å²) in [5.74, 6) is -0.752. The third-order valence-corrected chi connectivity index (χ3v) is 3.00. The largest absolute Gasteiger partial charge is 0.466 e. The highest BCUT2D eigenvalue weighted by molar-refractivity contribution is 5.81. The Hall–Kier alpha value is -1.82. The maximum atomic E-state index is 12.4. The van der Waals surface area contributed by atoms with Gasteiger partial charge in [-0.25, -0.2) is 4.79 Å². The lowest BCUT2D eigenvalue weighted by Crippen LogP contribution is -2.24. The van der Waals surface area contributed by atoms with E-state index in [-0.39, 0.29) is 5.92 Å². The zero-order valence-corrected chi connectivity index (χ0v) is 11.1. The van der Waals surface area contributed by atoms with Crippen molar-refractivity contribution in [2.24, 2.45) is 5.73 Å². The summed E-state index contributed by atoms with van der Waals surface area (Å²) in [6.07, 6.45) is -1.69. The third-order valence-electron chi connectivity index (χ3n) is 3.00. The van der Waals surface area contributed by atoms with E-state index in [1.807, 2.05) is 0 Å². The monoisotopic (exact) mass is 287 g/mol. The van der Waals surface area contributed by atoms with Gasteiger partial charge in [-0.05, 0) is 23.6 Å². The van der Waals surface area contributed by atoms with Crippen LogP contribution in [0.15, 0.2) is 36.4 Å². The molecule has 6 heteroatoms. The molecule has 0 spiro atoms. The van der Waals surface area contributed by atoms with Crippen LogP contribution in [0.5, 0.6) is 0 Å². The molecule has 2 unspecified atom stereocenters. The quantitative estimate of drug-likeness (QED) is 0.684. The molecule has 0 fully saturated rings. The maximum Gasteiger partial charge on any atom is 0.416 e. The minimum absolute atomic E-state index is 0.224. The fourth-order valence-electron chi connectivity index (χ4n) is 1.62. The van der Waals surface area contributed by atoms with Gasteiger partial charge in [0.05, 0.1) is 12.7 Å². The summed E-state index contributed by atoms with van der Waals surface area (Å²) >= 11 is 0. The maximum absolute atomic E-state index is 12.4. The van der Waals surface area contributed by atoms with E-state index in [1.165, 1.54) is 31.4 Å². The van der Waals surface area contributed by atoms with Crippen LogP contribution in [0.2, 0.25) is 0 Å². The number of esters is 1. The van der Waals surface area contributed by atoms with Crippen LogP contribution >= 0.6 is 0 Å². The Morgan fingerprint density at radius 1 is 1.30 bits per heavy atom. The van der Waals surface area contributed by atoms with Crippen LogP contribution in [-0.2, 0) is 15.7 Å². The molecule has 2 atom stereocenters. The van der Waals surface area contributed by atoms with Crippen molar-refractivity contribution in [2.45, 2.75) is 25.1 Å². The van der Waals surface area contributed by atoms with Crippen molar-refractivity contribution >= 4 is 5.97 Å². The molecular formula is C14H16F3NO2. The van der Waals surface area contributed by atoms with Crippen LogP contribution in [0.3, 0.4) is 0 Å². The van der Waals surface area contributed by atoms with Gasteiger partial charge in [-0.3, -0.25) is 0 Å². The topological polar surface area (TPSA) is 52.3 Å². The molecule has 0 aromatic heterocycles. The van der Waals surface area contributed by atoms with Crippen molar-refractivity contribution < 1.29 is 22.7 Å². The van der Waals surface area contributed by atoms with E-state index in [2.05, 4.69) is 4.74 Å². The molecule has 0 saturated carbocycles. The molecule has 1 rings (SSSR count). The fourth-order valence-corrected chi connectivity index (χ4v) is 1.62. The first-order chi connectivity index (χ1) is 9.25. The van der Waals surface area contributed by atoms with Crippen LogP contribution in [0.25, 0.3) is 0 Å². The van der Waals surface area contributed by atoms with Gasteiger partial charge in [0, 0.05) is 12.1 Å². The van der Waals surface area contributed by atoms with Gasteiger partial charge in [-0.1, -0.05) is 25.1 Å². The second-order valence-corrected chi connectivity index (χ2v) is 4.37. The zero-order valence-electron chi connectivity index (χ0n) is 11.1. The van der Waals surface area contributed by atoms with Gasteiger partial charge in [-0.2, -0.15) is 13.2 Å². The molecule has 20 heavy (non-hydrogen) atoms. The van der Waals surface area contributed by atoms with Gasteiger partial charge < -0.3 is 10.5 Å². The Morgan fingerprint density at radius 3 is 2.30 bits per heavy atom. The van der Waals surface area contributed by atoms with E-state index in [4.69, 9.17) is 5.73 Å². The third kappa shape index (κ3) is 4.38. The summed E-state index contributed by atoms with van der Waals surface area (Å²) in [6, 6.07) is 4.31. The first kappa shape index (κ1) is 16.2. The summed E-state index contributed by atoms with van der Waals surface area (Å²) in [5.41, 5.74) is 5.82. The first-order valence-electron chi connectivity index (χ1n) is 5.94. The van der Waals surface area contributed by atoms with E-state index in [1.54, 1.807) is 6.92 Å². The standard InChI is InChI=1S/C14H16F3NO2/c1-9(12(18)7-8-13(19)20-2)10-3-5-11(6-4-10)14(15,16)17/h3-9,12H,18H2,1-2H3. The minimum atomic E-state index is -4.35. The average Bonchev–Trinajstić information content (AvgIpc) is 2.42. The highest BCUT2D eigenvalue weighted by Gasteiger charge is 2.30. The average molecular weight is 287 g/mol. The van der Waals surface area contributed by atoms with Gasteiger partial charge in [-0.15, -0.1) is 0 Å². The lowest BCUT2D eigenvalue weighted by atomic mass is 9.93. The molecule has 0 aliphatic carbocycles. The number of alkyl halides is 3. The molecule has 3 nitrogen and oxygen atoms in total. The highest BCUT2D eigenvalue weighted by atomic mass is 19.4. The van der Waals surface area contributed by atoms with Gasteiger partial charge in [0.15, 0.2) is 0 Å². The molecular weight excluding hydrogens is 271 g/mol. The SMILES string of the molecule is COC(=O)C=CC(N)C(C)c1ccc(C(F)(F)F)cc1. The fraction of sp³-hybridized carbons (Fsp3) is 0.357. The molecule has 110 valence electrons. The Labute approximate surface area is 115 Å². The number of halogens is 3. The second kappa shape index (κ2) is 6.56. The van der Waals surface area contributed by atoms with Gasteiger partial charge in [0.2, 0.25) is 0 Å². The number of benzene rings is 1. The molecule has 0 aliphatic heterocycles. The van der Waals surface area contributed by atoms with Crippen LogP contribution < -0.4 is 5.73 Å². The van der Waals surface area contributed by atoms with Crippen LogP contribution in [0, 0.1) is 0 Å². The van der Waals surface area contributed by atoms with Gasteiger partial charge >= 0.3 is 12.1 Å². The Bertz CT molecular complexity index is 480. The molecule has 0 heterocycles. The normalized spacial score (nSPS) is 15.1. The molecule has 2 N–H and O–H groups in total. The van der Waals surface area contributed by atoms with E-state index in [9.17, 15) is 18.0 Å². The minimum Gasteiger partial charge on any atom is -0.466 e. The number of hydrogen-bond donors (Lipinski definition) is 1. The number of carbonyl (C=O) groups is 1. The van der Waals surface area contributed by atoms with E-state index in [0.29, 0.717) is 5.56 Å². The summed E-state index contributed by atoms with van der Waals surface area (Å²) in [5, 5.41) is 0. The summed E-state index contributed by atoms with van der Waals surface area (Å²) < 4.78 is 41.8. The van der Waals surface area contributed by atoms with Gasteiger partial charge in [0.25, 0.3) is 0 Å². The number of nitrogens with two attached hydrogens (primary N) is 1. The number of ether oxygens (including phenoxy) is 1. The van der Waals surface area contributed by atoms with Crippen molar-refractivity contribution in [3.8, 4) is 0 Å². The van der Waals surface area contributed by atoms with Crippen molar-refractivity contribution in [1.29, 1.82) is 0 Å². The molecule has 0 amide bonds. The highest BCUT2D eigenvalue weighted by Crippen LogP contribution is 2.30. The first-order valence-corrected chi connectivity index (χ1v) is 5.94. The number of methoxy groups -OCH3 is 1. The zero-order chi connectivity index (χ0) is 15.3. The van der Waals surface area contributed by atoms with Crippen molar-refractivity contribution in [2.75, 3.05) is 7.11 Å². The molecule has 0 aliphatic rings. The summed E-state index contributed by atoms with van der Waals surface area (Å²) in [7, 11) is 1.25. The molecule has 0 radical (unpaired) electrons. The lowest BCUT2D eigenvalue weighted by molar-refractivity contribution is -0.137. The van der Waals surface area contributed by atoms with Crippen molar-refractivity contribution in [3.63, 3.8) is 0 Å². The van der Waals surface area contributed by atoms with Crippen LogP contribution in [-0.4, -0.2) is 19.1 Å². The molecule has 1 aromatic rings. The molecule has 0 bridgehead atoms. The second-order valence-electron chi connectivity index (χ2n) is 4.37. The van der Waals surface area contributed by atoms with E-state index in [0.717, 1.165) is 12.1 Å². The predicted octanol–water partition coefficient (Wildman–Crippen LogP) is 2.87. The number of hydrogen-bond acceptors (Lipinski definition) is 3. The predicted molar refractivity (Wildman–Crippen MR) is 69.0 cm³/mol. The lowest BCUT2D eigenvalue weighted by Gasteiger charge is -2.17. The van der Waals surface area contributed by atoms with Crippen molar-refractivity contribution in [1.82, 2.24) is 0 Å². The Balaban J connectivity index is 2.79. The summed E-state index contributed by atoms with van der Waals surface area (Å²) in [6.45, 7) is 1.77. The van der Waals surface area contributed by atoms with E-state index >= 15 is 0 Å². The number of carbonyl (C=O) groups excluding carboxylic acids is 1. The Morgan fingerprint density at radius 2 is 1.85 bits per heavy atom. The van der Waals surface area contributed by atoms with Crippen LogP contribution in [0.4, 0.5) is 13.2 Å². The molecule has 0 saturated heterocycles. The molecule has 1 aromatic carbocycles. The van der Waals surface area contributed by atoms with Crippen molar-refractivity contribution in [3.05, 3.63) is 47.5 Å². The Kier molecular flexibility index (Phi) is 5.33. The smallest absolute Gasteiger partial charge is 0.416 e. The summed E-state index contributed by atoms with van der Waals surface area (Å²) in [4.78, 5) is 10.9. The van der Waals surface area contributed by atoms with Gasteiger partial charge in [0.1, 0.15) is 0 Å². The van der Waals surface area contributed by atoms with E-state index < -0.39 is 23.8 Å². The number of rotatable bonds is 4.